The molecule has 1 unspecified atom stereocenters. The van der Waals surface area contributed by atoms with Gasteiger partial charge in [-0.1, -0.05) is 25.4 Å². The summed E-state index contributed by atoms with van der Waals surface area (Å²) >= 11 is 6.24. The first-order valence-electron chi connectivity index (χ1n) is 6.94. The summed E-state index contributed by atoms with van der Waals surface area (Å²) in [5, 5.41) is 4.23. The molecular weight excluding hydrogens is 258 g/mol. The van der Waals surface area contributed by atoms with Gasteiger partial charge in [0.15, 0.2) is 0 Å². The molecule has 0 aliphatic heterocycles. The minimum atomic E-state index is 0.140. The molecular formula is C15H26ClN3. The van der Waals surface area contributed by atoms with Gasteiger partial charge in [0.25, 0.3) is 0 Å². The summed E-state index contributed by atoms with van der Waals surface area (Å²) in [6.45, 7) is 4.50. The molecule has 0 aliphatic rings. The van der Waals surface area contributed by atoms with Gasteiger partial charge < -0.3 is 10.2 Å². The second-order valence-corrected chi connectivity index (χ2v) is 5.62. The normalized spacial score (nSPS) is 13.8. The van der Waals surface area contributed by atoms with E-state index in [0.717, 1.165) is 29.8 Å². The Morgan fingerprint density at radius 3 is 2.42 bits per heavy atom. The van der Waals surface area contributed by atoms with E-state index in [2.05, 4.69) is 43.1 Å². The van der Waals surface area contributed by atoms with Crippen LogP contribution < -0.4 is 5.32 Å². The summed E-state index contributed by atoms with van der Waals surface area (Å²) in [4.78, 5) is 6.39. The number of nitrogens with one attached hydrogen (secondary N) is 1. The van der Waals surface area contributed by atoms with Gasteiger partial charge in [0, 0.05) is 24.0 Å². The molecule has 1 rings (SSSR count). The highest BCUT2D eigenvalue weighted by Gasteiger charge is 2.37. The molecule has 0 saturated heterocycles. The monoisotopic (exact) mass is 283 g/mol. The van der Waals surface area contributed by atoms with Crippen molar-refractivity contribution >= 4 is 11.6 Å². The molecule has 3 nitrogen and oxygen atoms in total. The molecule has 1 N–H and O–H groups in total. The topological polar surface area (TPSA) is 28.2 Å². The van der Waals surface area contributed by atoms with Gasteiger partial charge in [-0.25, -0.2) is 0 Å². The van der Waals surface area contributed by atoms with E-state index >= 15 is 0 Å². The van der Waals surface area contributed by atoms with Crippen LogP contribution in [0.3, 0.4) is 0 Å². The Hall–Kier alpha value is -0.640. The van der Waals surface area contributed by atoms with Crippen LogP contribution in [0.4, 0.5) is 0 Å². The lowest BCUT2D eigenvalue weighted by molar-refractivity contribution is 0.0917. The molecule has 1 aromatic rings. The van der Waals surface area contributed by atoms with Gasteiger partial charge >= 0.3 is 0 Å². The largest absolute Gasteiger partial charge is 0.315 e. The Kier molecular flexibility index (Phi) is 6.24. The maximum absolute atomic E-state index is 6.24. The highest BCUT2D eigenvalue weighted by molar-refractivity contribution is 6.31. The summed E-state index contributed by atoms with van der Waals surface area (Å²) in [6, 6.07) is 2.37. The second-order valence-electron chi connectivity index (χ2n) is 5.22. The van der Waals surface area contributed by atoms with Crippen molar-refractivity contribution in [1.29, 1.82) is 0 Å². The number of hydrogen-bond acceptors (Lipinski definition) is 3. The first-order valence-corrected chi connectivity index (χ1v) is 7.32. The molecule has 108 valence electrons. The molecule has 0 radical (unpaired) electrons. The molecule has 1 aromatic heterocycles. The highest BCUT2D eigenvalue weighted by Crippen LogP contribution is 2.29. The zero-order valence-electron chi connectivity index (χ0n) is 12.7. The van der Waals surface area contributed by atoms with Crippen LogP contribution in [0.25, 0.3) is 0 Å². The zero-order valence-corrected chi connectivity index (χ0v) is 13.5. The number of pyridine rings is 1. The molecule has 0 saturated carbocycles. The van der Waals surface area contributed by atoms with Gasteiger partial charge in [-0.15, -0.1) is 0 Å². The van der Waals surface area contributed by atoms with Crippen LogP contribution in [0.2, 0.25) is 5.02 Å². The van der Waals surface area contributed by atoms with Crippen molar-refractivity contribution in [3.05, 3.63) is 29.0 Å². The molecule has 0 bridgehead atoms. The van der Waals surface area contributed by atoms with Gasteiger partial charge in [-0.3, -0.25) is 4.98 Å². The van der Waals surface area contributed by atoms with Crippen molar-refractivity contribution < 1.29 is 0 Å². The minimum absolute atomic E-state index is 0.140. The van der Waals surface area contributed by atoms with E-state index in [-0.39, 0.29) is 5.54 Å². The number of halogens is 1. The number of aromatic nitrogens is 1. The Labute approximate surface area is 122 Å². The maximum atomic E-state index is 6.24. The Bertz CT molecular complexity index is 389. The van der Waals surface area contributed by atoms with E-state index in [4.69, 9.17) is 11.6 Å². The van der Waals surface area contributed by atoms with E-state index < -0.39 is 0 Å². The van der Waals surface area contributed by atoms with Crippen molar-refractivity contribution in [2.75, 3.05) is 21.1 Å². The molecule has 0 aromatic carbocycles. The molecule has 4 heteroatoms. The average Bonchev–Trinajstić information content (AvgIpc) is 2.41. The summed E-state index contributed by atoms with van der Waals surface area (Å²) < 4.78 is 0. The standard InChI is InChI=1S/C15H26ClN3/c1-6-15(7-2,19(4)5)14(17-3)10-12-8-9-18-11-13(12)16/h8-9,11,14,17H,6-7,10H2,1-5H3. The fourth-order valence-electron chi connectivity index (χ4n) is 3.04. The number of rotatable bonds is 7. The lowest BCUT2D eigenvalue weighted by atomic mass is 9.80. The van der Waals surface area contributed by atoms with Crippen molar-refractivity contribution in [3.8, 4) is 0 Å². The van der Waals surface area contributed by atoms with E-state index in [9.17, 15) is 0 Å². The lowest BCUT2D eigenvalue weighted by Gasteiger charge is -2.45. The third kappa shape index (κ3) is 3.47. The SMILES string of the molecule is CCC(CC)(C(Cc1ccncc1Cl)NC)N(C)C. The van der Waals surface area contributed by atoms with Crippen LogP contribution in [0.1, 0.15) is 32.3 Å². The molecule has 0 fully saturated rings. The molecule has 1 atom stereocenters. The van der Waals surface area contributed by atoms with Crippen molar-refractivity contribution in [1.82, 2.24) is 15.2 Å². The fraction of sp³-hybridized carbons (Fsp3) is 0.667. The molecule has 0 spiro atoms. The smallest absolute Gasteiger partial charge is 0.0621 e. The van der Waals surface area contributed by atoms with Crippen molar-refractivity contribution in [3.63, 3.8) is 0 Å². The highest BCUT2D eigenvalue weighted by atomic mass is 35.5. The van der Waals surface area contributed by atoms with Crippen LogP contribution in [-0.4, -0.2) is 42.6 Å². The lowest BCUT2D eigenvalue weighted by Crippen LogP contribution is -2.58. The second kappa shape index (κ2) is 7.22. The fourth-order valence-corrected chi connectivity index (χ4v) is 3.23. The van der Waals surface area contributed by atoms with E-state index in [0.29, 0.717) is 6.04 Å². The van der Waals surface area contributed by atoms with E-state index in [1.54, 1.807) is 6.20 Å². The minimum Gasteiger partial charge on any atom is -0.315 e. The zero-order chi connectivity index (χ0) is 14.5. The van der Waals surface area contributed by atoms with Crippen LogP contribution >= 0.6 is 11.6 Å². The predicted molar refractivity (Wildman–Crippen MR) is 82.8 cm³/mol. The van der Waals surface area contributed by atoms with Gasteiger partial charge in [0.2, 0.25) is 0 Å². The maximum Gasteiger partial charge on any atom is 0.0621 e. The predicted octanol–water partition coefficient (Wildman–Crippen LogP) is 2.99. The summed E-state index contributed by atoms with van der Waals surface area (Å²) in [7, 11) is 6.35. The quantitative estimate of drug-likeness (QED) is 0.834. The molecule has 0 amide bonds. The number of likely N-dealkylation sites (N-methyl/N-ethyl adjacent to an activating group) is 2. The Morgan fingerprint density at radius 2 is 2.00 bits per heavy atom. The third-order valence-electron chi connectivity index (χ3n) is 4.39. The first kappa shape index (κ1) is 16.4. The van der Waals surface area contributed by atoms with Gasteiger partial charge in [0.1, 0.15) is 0 Å². The third-order valence-corrected chi connectivity index (χ3v) is 4.73. The van der Waals surface area contributed by atoms with Crippen LogP contribution in [0, 0.1) is 0 Å². The number of nitrogens with zero attached hydrogens (tertiary/aromatic N) is 2. The van der Waals surface area contributed by atoms with E-state index in [1.807, 2.05) is 19.3 Å². The van der Waals surface area contributed by atoms with Crippen molar-refractivity contribution in [2.24, 2.45) is 0 Å². The summed E-state index contributed by atoms with van der Waals surface area (Å²) in [5.41, 5.74) is 1.30. The van der Waals surface area contributed by atoms with E-state index in [1.165, 1.54) is 0 Å². The average molecular weight is 284 g/mol. The Balaban J connectivity index is 3.02. The molecule has 19 heavy (non-hydrogen) atoms. The molecule has 1 heterocycles. The first-order chi connectivity index (χ1) is 9.01. The van der Waals surface area contributed by atoms with Crippen LogP contribution in [-0.2, 0) is 6.42 Å². The summed E-state index contributed by atoms with van der Waals surface area (Å²) in [6.07, 6.45) is 6.65. The number of hydrogen-bond donors (Lipinski definition) is 1. The summed E-state index contributed by atoms with van der Waals surface area (Å²) in [5.74, 6) is 0. The van der Waals surface area contributed by atoms with Crippen molar-refractivity contribution in [2.45, 2.75) is 44.7 Å². The Morgan fingerprint density at radius 1 is 1.37 bits per heavy atom. The van der Waals surface area contributed by atoms with Crippen LogP contribution in [0.15, 0.2) is 18.5 Å². The van der Waals surface area contributed by atoms with Gasteiger partial charge in [-0.2, -0.15) is 0 Å². The molecule has 0 aliphatic carbocycles. The van der Waals surface area contributed by atoms with Gasteiger partial charge in [-0.05, 0) is 52.0 Å². The van der Waals surface area contributed by atoms with Gasteiger partial charge in [0.05, 0.1) is 5.02 Å². The van der Waals surface area contributed by atoms with Crippen LogP contribution in [0.5, 0.6) is 0 Å².